The summed E-state index contributed by atoms with van der Waals surface area (Å²) >= 11 is 1.69. The molecule has 0 amide bonds. The molecule has 3 N–H and O–H groups in total. The standard InChI is InChI=1S/C13H18N2OS/c1-8-6-11(10(3)16-8)9(2)15-7-13-12(14)4-5-17-13/h4-6,9,15H,7,14H2,1-3H3. The average molecular weight is 250 g/mol. The van der Waals surface area contributed by atoms with Crippen LogP contribution in [0.2, 0.25) is 0 Å². The van der Waals surface area contributed by atoms with Crippen LogP contribution in [0.15, 0.2) is 21.9 Å². The van der Waals surface area contributed by atoms with E-state index in [0.717, 1.165) is 23.8 Å². The molecule has 92 valence electrons. The smallest absolute Gasteiger partial charge is 0.105 e. The Balaban J connectivity index is 2.00. The van der Waals surface area contributed by atoms with Crippen LogP contribution in [-0.2, 0) is 6.54 Å². The minimum Gasteiger partial charge on any atom is -0.466 e. The monoisotopic (exact) mass is 250 g/mol. The van der Waals surface area contributed by atoms with Crippen LogP contribution in [-0.4, -0.2) is 0 Å². The van der Waals surface area contributed by atoms with E-state index in [4.69, 9.17) is 10.2 Å². The van der Waals surface area contributed by atoms with Crippen LogP contribution in [0.25, 0.3) is 0 Å². The lowest BCUT2D eigenvalue weighted by Gasteiger charge is -2.12. The predicted octanol–water partition coefficient (Wildman–Crippen LogP) is 3.39. The Morgan fingerprint density at radius 1 is 1.47 bits per heavy atom. The second-order valence-corrected chi connectivity index (χ2v) is 5.27. The van der Waals surface area contributed by atoms with Gasteiger partial charge in [-0.05, 0) is 38.3 Å². The summed E-state index contributed by atoms with van der Waals surface area (Å²) in [6.07, 6.45) is 0. The van der Waals surface area contributed by atoms with Crippen LogP contribution in [0.1, 0.15) is 34.9 Å². The summed E-state index contributed by atoms with van der Waals surface area (Å²) in [6, 6.07) is 4.30. The molecule has 17 heavy (non-hydrogen) atoms. The molecule has 0 aromatic carbocycles. The van der Waals surface area contributed by atoms with Gasteiger partial charge < -0.3 is 15.5 Å². The van der Waals surface area contributed by atoms with Crippen molar-refractivity contribution in [1.82, 2.24) is 5.32 Å². The molecular formula is C13H18N2OS. The van der Waals surface area contributed by atoms with Gasteiger partial charge in [-0.2, -0.15) is 0 Å². The van der Waals surface area contributed by atoms with Crippen molar-refractivity contribution in [3.63, 3.8) is 0 Å². The van der Waals surface area contributed by atoms with Gasteiger partial charge in [-0.25, -0.2) is 0 Å². The van der Waals surface area contributed by atoms with Crippen molar-refractivity contribution < 1.29 is 4.42 Å². The topological polar surface area (TPSA) is 51.2 Å². The van der Waals surface area contributed by atoms with Crippen molar-refractivity contribution >= 4 is 17.0 Å². The van der Waals surface area contributed by atoms with Crippen molar-refractivity contribution in [3.8, 4) is 0 Å². The number of thiophene rings is 1. The number of hydrogen-bond acceptors (Lipinski definition) is 4. The van der Waals surface area contributed by atoms with Crippen LogP contribution in [0.5, 0.6) is 0 Å². The summed E-state index contributed by atoms with van der Waals surface area (Å²) < 4.78 is 5.53. The second kappa shape index (κ2) is 4.94. The number of nitrogen functional groups attached to an aromatic ring is 1. The molecule has 0 saturated heterocycles. The highest BCUT2D eigenvalue weighted by Gasteiger charge is 2.12. The Bertz CT molecular complexity index is 501. The molecule has 2 heterocycles. The van der Waals surface area contributed by atoms with Gasteiger partial charge in [0.05, 0.1) is 0 Å². The maximum absolute atomic E-state index is 5.85. The Kier molecular flexibility index (Phi) is 3.54. The zero-order valence-corrected chi connectivity index (χ0v) is 11.2. The summed E-state index contributed by atoms with van der Waals surface area (Å²) in [5.74, 6) is 1.95. The van der Waals surface area contributed by atoms with E-state index < -0.39 is 0 Å². The highest BCUT2D eigenvalue weighted by molar-refractivity contribution is 7.10. The number of furan rings is 1. The van der Waals surface area contributed by atoms with Gasteiger partial charge in [-0.15, -0.1) is 11.3 Å². The first-order chi connectivity index (χ1) is 8.08. The molecule has 2 aromatic heterocycles. The third-order valence-corrected chi connectivity index (χ3v) is 3.83. The van der Waals surface area contributed by atoms with E-state index in [9.17, 15) is 0 Å². The van der Waals surface area contributed by atoms with E-state index in [1.807, 2.05) is 25.3 Å². The molecule has 1 unspecified atom stereocenters. The predicted molar refractivity (Wildman–Crippen MR) is 72.2 cm³/mol. The van der Waals surface area contributed by atoms with Gasteiger partial charge in [-0.3, -0.25) is 0 Å². The fourth-order valence-corrected chi connectivity index (χ4v) is 2.68. The third kappa shape index (κ3) is 2.70. The van der Waals surface area contributed by atoms with Gasteiger partial charge in [0.25, 0.3) is 0 Å². The van der Waals surface area contributed by atoms with E-state index in [2.05, 4.69) is 18.3 Å². The molecule has 0 saturated carbocycles. The quantitative estimate of drug-likeness (QED) is 0.874. The fraction of sp³-hybridized carbons (Fsp3) is 0.385. The number of nitrogens with one attached hydrogen (secondary N) is 1. The first-order valence-corrected chi connectivity index (χ1v) is 6.58. The lowest BCUT2D eigenvalue weighted by Crippen LogP contribution is -2.18. The van der Waals surface area contributed by atoms with Crippen LogP contribution >= 0.6 is 11.3 Å². The summed E-state index contributed by atoms with van der Waals surface area (Å²) in [5, 5.41) is 5.48. The minimum absolute atomic E-state index is 0.272. The van der Waals surface area contributed by atoms with Crippen molar-refractivity contribution in [1.29, 1.82) is 0 Å². The lowest BCUT2D eigenvalue weighted by atomic mass is 10.1. The summed E-state index contributed by atoms with van der Waals surface area (Å²) in [5.41, 5.74) is 7.94. The zero-order valence-electron chi connectivity index (χ0n) is 10.4. The molecular weight excluding hydrogens is 232 g/mol. The molecule has 0 radical (unpaired) electrons. The van der Waals surface area contributed by atoms with Crippen molar-refractivity contribution in [2.24, 2.45) is 0 Å². The molecule has 2 aromatic rings. The Morgan fingerprint density at radius 2 is 2.24 bits per heavy atom. The lowest BCUT2D eigenvalue weighted by molar-refractivity contribution is 0.490. The van der Waals surface area contributed by atoms with E-state index in [0.29, 0.717) is 0 Å². The van der Waals surface area contributed by atoms with Crippen molar-refractivity contribution in [2.75, 3.05) is 5.73 Å². The molecule has 0 aliphatic rings. The maximum atomic E-state index is 5.85. The first kappa shape index (κ1) is 12.2. The SMILES string of the molecule is Cc1cc(C(C)NCc2sccc2N)c(C)o1. The minimum atomic E-state index is 0.272. The van der Waals surface area contributed by atoms with Crippen molar-refractivity contribution in [2.45, 2.75) is 33.4 Å². The molecule has 3 nitrogen and oxygen atoms in total. The summed E-state index contributed by atoms with van der Waals surface area (Å²) in [4.78, 5) is 1.19. The molecule has 0 fully saturated rings. The highest BCUT2D eigenvalue weighted by atomic mass is 32.1. The summed E-state index contributed by atoms with van der Waals surface area (Å²) in [6.45, 7) is 6.91. The van der Waals surface area contributed by atoms with Crippen LogP contribution in [0, 0.1) is 13.8 Å². The average Bonchev–Trinajstić information content (AvgIpc) is 2.81. The van der Waals surface area contributed by atoms with E-state index in [1.54, 1.807) is 11.3 Å². The third-order valence-electron chi connectivity index (χ3n) is 2.89. The van der Waals surface area contributed by atoms with Crippen LogP contribution in [0.3, 0.4) is 0 Å². The van der Waals surface area contributed by atoms with Gasteiger partial charge in [0.1, 0.15) is 11.5 Å². The van der Waals surface area contributed by atoms with Gasteiger partial charge >= 0.3 is 0 Å². The molecule has 0 aliphatic heterocycles. The van der Waals surface area contributed by atoms with E-state index in [1.165, 1.54) is 10.4 Å². The zero-order chi connectivity index (χ0) is 12.4. The molecule has 1 atom stereocenters. The summed E-state index contributed by atoms with van der Waals surface area (Å²) in [7, 11) is 0. The normalized spacial score (nSPS) is 12.9. The molecule has 2 rings (SSSR count). The van der Waals surface area contributed by atoms with Crippen LogP contribution < -0.4 is 11.1 Å². The number of hydrogen-bond donors (Lipinski definition) is 2. The second-order valence-electron chi connectivity index (χ2n) is 4.27. The highest BCUT2D eigenvalue weighted by Crippen LogP contribution is 2.23. The largest absolute Gasteiger partial charge is 0.466 e. The van der Waals surface area contributed by atoms with E-state index >= 15 is 0 Å². The van der Waals surface area contributed by atoms with Gasteiger partial charge in [0.15, 0.2) is 0 Å². The van der Waals surface area contributed by atoms with Crippen molar-refractivity contribution in [3.05, 3.63) is 39.5 Å². The Hall–Kier alpha value is -1.26. The Labute approximate surface area is 106 Å². The van der Waals surface area contributed by atoms with Gasteiger partial charge in [0, 0.05) is 28.7 Å². The number of aryl methyl sites for hydroxylation is 2. The fourth-order valence-electron chi connectivity index (χ4n) is 1.93. The molecule has 0 spiro atoms. The Morgan fingerprint density at radius 3 is 2.76 bits per heavy atom. The van der Waals surface area contributed by atoms with Gasteiger partial charge in [0.2, 0.25) is 0 Å². The molecule has 0 aliphatic carbocycles. The van der Waals surface area contributed by atoms with Gasteiger partial charge in [-0.1, -0.05) is 0 Å². The molecule has 4 heteroatoms. The number of anilines is 1. The maximum Gasteiger partial charge on any atom is 0.105 e. The number of nitrogens with two attached hydrogens (primary N) is 1. The number of rotatable bonds is 4. The van der Waals surface area contributed by atoms with E-state index in [-0.39, 0.29) is 6.04 Å². The molecule has 0 bridgehead atoms. The van der Waals surface area contributed by atoms with Crippen LogP contribution in [0.4, 0.5) is 5.69 Å². The first-order valence-electron chi connectivity index (χ1n) is 5.70.